The first-order valence-corrected chi connectivity index (χ1v) is 18.2. The van der Waals surface area contributed by atoms with Crippen molar-refractivity contribution in [2.24, 2.45) is 28.1 Å². The van der Waals surface area contributed by atoms with Crippen LogP contribution in [0.1, 0.15) is 102 Å². The Hall–Kier alpha value is -4.55. The van der Waals surface area contributed by atoms with Gasteiger partial charge >= 0.3 is 6.03 Å². The van der Waals surface area contributed by atoms with E-state index in [1.807, 2.05) is 62.3 Å². The summed E-state index contributed by atoms with van der Waals surface area (Å²) in [7, 11) is 0. The minimum absolute atomic E-state index is 0.0345. The minimum atomic E-state index is -1.06. The highest BCUT2D eigenvalue weighted by molar-refractivity contribution is 6.38. The number of amides is 7. The average molecular weight is 721 g/mol. The number of fused-ring (bicyclic) bond motifs is 2. The molecule has 7 amide bonds. The van der Waals surface area contributed by atoms with Crippen LogP contribution in [-0.2, 0) is 19.2 Å². The number of imide groups is 1. The van der Waals surface area contributed by atoms with E-state index in [1.54, 1.807) is 24.3 Å². The van der Waals surface area contributed by atoms with Gasteiger partial charge in [-0.05, 0) is 46.6 Å². The molecule has 0 radical (unpaired) electrons. The van der Waals surface area contributed by atoms with Crippen molar-refractivity contribution in [3.05, 3.63) is 48.0 Å². The number of likely N-dealkylation sites (tertiary alicyclic amines) is 1. The Morgan fingerprint density at radius 1 is 0.942 bits per heavy atom. The molecule has 13 nitrogen and oxygen atoms in total. The molecule has 1 unspecified atom stereocenters. The van der Waals surface area contributed by atoms with E-state index in [0.717, 1.165) is 11.3 Å². The van der Waals surface area contributed by atoms with Crippen LogP contribution in [0.5, 0.6) is 0 Å². The fourth-order valence-corrected chi connectivity index (χ4v) is 7.43. The molecule has 3 aliphatic rings. The molecule has 1 aromatic carbocycles. The number of hydrogen-bond donors (Lipinski definition) is 4. The highest BCUT2D eigenvalue weighted by Gasteiger charge is 2.70. The minimum Gasteiger partial charge on any atom is -0.346 e. The molecule has 2 fully saturated rings. The van der Waals surface area contributed by atoms with E-state index in [2.05, 4.69) is 27.8 Å². The zero-order valence-corrected chi connectivity index (χ0v) is 32.1. The molecular weight excluding hydrogens is 664 g/mol. The zero-order valence-electron chi connectivity index (χ0n) is 32.1. The summed E-state index contributed by atoms with van der Waals surface area (Å²) in [6.07, 6.45) is 3.07. The summed E-state index contributed by atoms with van der Waals surface area (Å²) in [6, 6.07) is 2.21. The smallest absolute Gasteiger partial charge is 0.315 e. The summed E-state index contributed by atoms with van der Waals surface area (Å²) in [5, 5.41) is 11.1. The molecule has 0 bridgehead atoms. The lowest BCUT2D eigenvalue weighted by Crippen LogP contribution is -2.62. The van der Waals surface area contributed by atoms with E-state index < -0.39 is 76.3 Å². The molecule has 0 spiro atoms. The second-order valence-corrected chi connectivity index (χ2v) is 17.1. The maximum Gasteiger partial charge on any atom is 0.315 e. The first-order valence-electron chi connectivity index (χ1n) is 18.2. The molecule has 13 heteroatoms. The van der Waals surface area contributed by atoms with Crippen LogP contribution in [0.4, 0.5) is 4.79 Å². The number of Topliss-reactive ketones (excluding diaryl/α,β-unsaturated/α-hetero) is 1. The Bertz CT molecular complexity index is 1590. The zero-order chi connectivity index (χ0) is 38.9. The van der Waals surface area contributed by atoms with E-state index in [0.29, 0.717) is 24.1 Å². The number of carbonyl (C=O) groups excluding carboxylic acids is 7. The molecule has 1 saturated heterocycles. The third kappa shape index (κ3) is 8.23. The third-order valence-electron chi connectivity index (χ3n) is 10.9. The number of unbranched alkanes of at least 4 members (excludes halogenated alkanes) is 1. The second kappa shape index (κ2) is 15.2. The SMILES string of the molecule is C=CCNC(=O)C(=O)C(CCCC)NC(=O)[C@@H]1[C@@H]2[C@H](CN1C(=O)[C@@H](NC(=O)N[C@H](CN1C(=O)c3ccccc3C1=O)C(C)(C)C)C(C)(C)C)C2(C)C. The van der Waals surface area contributed by atoms with Gasteiger partial charge in [0.15, 0.2) is 0 Å². The lowest BCUT2D eigenvalue weighted by molar-refractivity contribution is -0.145. The van der Waals surface area contributed by atoms with Crippen molar-refractivity contribution in [1.29, 1.82) is 0 Å². The van der Waals surface area contributed by atoms with Gasteiger partial charge in [0.1, 0.15) is 12.1 Å². The first-order chi connectivity index (χ1) is 24.2. The molecule has 1 aromatic rings. The molecule has 284 valence electrons. The van der Waals surface area contributed by atoms with Gasteiger partial charge in [0.05, 0.1) is 29.8 Å². The van der Waals surface area contributed by atoms with Crippen molar-refractivity contribution < 1.29 is 33.6 Å². The summed E-state index contributed by atoms with van der Waals surface area (Å²) in [4.78, 5) is 96.9. The Labute approximate surface area is 307 Å². The number of nitrogens with zero attached hydrogens (tertiary/aromatic N) is 2. The number of ketones is 1. The van der Waals surface area contributed by atoms with Crippen LogP contribution < -0.4 is 21.3 Å². The Morgan fingerprint density at radius 3 is 2.06 bits per heavy atom. The number of urea groups is 1. The van der Waals surface area contributed by atoms with Gasteiger partial charge in [-0.25, -0.2) is 4.79 Å². The molecule has 4 N–H and O–H groups in total. The van der Waals surface area contributed by atoms with Crippen LogP contribution in [0.25, 0.3) is 0 Å². The van der Waals surface area contributed by atoms with Gasteiger partial charge < -0.3 is 26.2 Å². The van der Waals surface area contributed by atoms with Crippen molar-refractivity contribution in [2.45, 2.75) is 106 Å². The average Bonchev–Trinajstić information content (AvgIpc) is 3.32. The van der Waals surface area contributed by atoms with Crippen LogP contribution >= 0.6 is 0 Å². The van der Waals surface area contributed by atoms with Gasteiger partial charge in [-0.1, -0.05) is 93.4 Å². The highest BCUT2D eigenvalue weighted by Crippen LogP contribution is 2.65. The van der Waals surface area contributed by atoms with Gasteiger partial charge in [0.2, 0.25) is 17.6 Å². The van der Waals surface area contributed by atoms with Crippen LogP contribution in [0.15, 0.2) is 36.9 Å². The Morgan fingerprint density at radius 2 is 1.54 bits per heavy atom. The summed E-state index contributed by atoms with van der Waals surface area (Å²) in [5.41, 5.74) is -0.987. The summed E-state index contributed by atoms with van der Waals surface area (Å²) >= 11 is 0. The molecule has 1 aliphatic carbocycles. The predicted octanol–water partition coefficient (Wildman–Crippen LogP) is 3.44. The Kier molecular flexibility index (Phi) is 11.8. The normalized spacial score (nSPS) is 22.1. The predicted molar refractivity (Wildman–Crippen MR) is 196 cm³/mol. The Balaban J connectivity index is 1.53. The second-order valence-electron chi connectivity index (χ2n) is 17.1. The molecule has 2 heterocycles. The first kappa shape index (κ1) is 40.2. The summed E-state index contributed by atoms with van der Waals surface area (Å²) in [6.45, 7) is 21.0. The van der Waals surface area contributed by atoms with Gasteiger partial charge in [-0.3, -0.25) is 33.7 Å². The largest absolute Gasteiger partial charge is 0.346 e. The van der Waals surface area contributed by atoms with E-state index in [4.69, 9.17) is 0 Å². The van der Waals surface area contributed by atoms with E-state index >= 15 is 0 Å². The summed E-state index contributed by atoms with van der Waals surface area (Å²) < 4.78 is 0. The molecule has 1 saturated carbocycles. The number of rotatable bonds is 14. The molecule has 52 heavy (non-hydrogen) atoms. The highest BCUT2D eigenvalue weighted by atomic mass is 16.2. The third-order valence-corrected chi connectivity index (χ3v) is 10.9. The number of nitrogens with one attached hydrogen (secondary N) is 4. The fraction of sp³-hybridized carbons (Fsp3) is 0.615. The van der Waals surface area contributed by atoms with Crippen molar-refractivity contribution in [2.75, 3.05) is 19.6 Å². The number of benzene rings is 1. The fourth-order valence-electron chi connectivity index (χ4n) is 7.43. The topological polar surface area (TPSA) is 174 Å². The van der Waals surface area contributed by atoms with E-state index in [9.17, 15) is 33.6 Å². The number of hydrogen-bond acceptors (Lipinski definition) is 7. The van der Waals surface area contributed by atoms with E-state index in [-0.39, 0.29) is 36.8 Å². The quantitative estimate of drug-likeness (QED) is 0.129. The van der Waals surface area contributed by atoms with E-state index in [1.165, 1.54) is 11.0 Å². The maximum absolute atomic E-state index is 14.5. The molecule has 6 atom stereocenters. The van der Waals surface area contributed by atoms with Gasteiger partial charge in [-0.15, -0.1) is 6.58 Å². The van der Waals surface area contributed by atoms with Crippen molar-refractivity contribution in [3.63, 3.8) is 0 Å². The van der Waals surface area contributed by atoms with Crippen LogP contribution in [0.2, 0.25) is 0 Å². The van der Waals surface area contributed by atoms with Crippen molar-refractivity contribution in [1.82, 2.24) is 31.1 Å². The maximum atomic E-state index is 14.5. The monoisotopic (exact) mass is 720 g/mol. The lowest BCUT2D eigenvalue weighted by atomic mass is 9.85. The molecule has 4 rings (SSSR count). The van der Waals surface area contributed by atoms with Gasteiger partial charge in [-0.2, -0.15) is 0 Å². The van der Waals surface area contributed by atoms with Gasteiger partial charge in [0, 0.05) is 13.1 Å². The standard InChI is InChI=1S/C39H56N6O7/c1-11-13-18-25(29(46)32(48)40-19-12-2)41-31(47)28-27-24(39(27,9)10)20-44(28)35(51)30(38(6,7)8)43-36(52)42-26(37(3,4)5)21-45-33(49)22-16-14-15-17-23(22)34(45)50/h12,14-17,24-28,30H,2,11,13,18-21H2,1,3-10H3,(H,40,48)(H,41,47)(H2,42,43,52)/t24-,25?,26+,27-,28-,30+/m0/s1. The van der Waals surface area contributed by atoms with Crippen LogP contribution in [0, 0.1) is 28.1 Å². The molecule has 0 aromatic heterocycles. The van der Waals surface area contributed by atoms with Gasteiger partial charge in [0.25, 0.3) is 17.7 Å². The van der Waals surface area contributed by atoms with Crippen LogP contribution in [0.3, 0.4) is 0 Å². The van der Waals surface area contributed by atoms with Crippen molar-refractivity contribution in [3.8, 4) is 0 Å². The molecule has 2 aliphatic heterocycles. The lowest BCUT2D eigenvalue weighted by Gasteiger charge is -2.39. The van der Waals surface area contributed by atoms with Crippen LogP contribution in [-0.4, -0.2) is 95.0 Å². The van der Waals surface area contributed by atoms with Crippen molar-refractivity contribution >= 4 is 41.4 Å². The number of piperidine rings is 1. The number of carbonyl (C=O) groups is 7. The summed E-state index contributed by atoms with van der Waals surface area (Å²) in [5.74, 6) is -3.54. The molecular formula is C39H56N6O7.